The van der Waals surface area contributed by atoms with Gasteiger partial charge in [-0.25, -0.2) is 4.79 Å². The molecule has 6 N–H and O–H groups in total. The highest BCUT2D eigenvalue weighted by Crippen LogP contribution is 2.43. The number of carbonyl (C=O) groups excluding carboxylic acids is 1. The largest absolute Gasteiger partial charge is 0.506 e. The van der Waals surface area contributed by atoms with Gasteiger partial charge in [-0.05, 0) is 128 Å². The number of aliphatic carboxylic acids is 1. The van der Waals surface area contributed by atoms with Crippen molar-refractivity contribution < 1.29 is 34.4 Å². The van der Waals surface area contributed by atoms with Gasteiger partial charge in [0.2, 0.25) is 5.56 Å². The normalized spacial score (nSPS) is 23.0. The van der Waals surface area contributed by atoms with Gasteiger partial charge in [-0.2, -0.15) is 0 Å². The minimum absolute atomic E-state index is 0.0356. The van der Waals surface area contributed by atoms with Crippen LogP contribution in [0.5, 0.6) is 11.5 Å². The number of aromatic nitrogens is 1. The predicted octanol–water partition coefficient (Wildman–Crippen LogP) is 7.73. The number of rotatable bonds is 17. The number of fused-ring (bicyclic) bond motifs is 4. The molecule has 5 aromatic rings. The van der Waals surface area contributed by atoms with Crippen LogP contribution in [0.1, 0.15) is 97.8 Å². The van der Waals surface area contributed by atoms with Crippen LogP contribution in [0.4, 0.5) is 4.79 Å². The summed E-state index contributed by atoms with van der Waals surface area (Å²) in [6.07, 6.45) is 6.68. The molecule has 1 amide bonds. The predicted molar refractivity (Wildman–Crippen MR) is 237 cm³/mol. The molecule has 1 aliphatic carbocycles. The number of amides is 1. The summed E-state index contributed by atoms with van der Waals surface area (Å²) in [6.45, 7) is 4.33. The molecule has 4 fully saturated rings. The first-order valence-corrected chi connectivity index (χ1v) is 22.2. The molecule has 3 saturated heterocycles. The van der Waals surface area contributed by atoms with Gasteiger partial charge in [-0.1, -0.05) is 85.6 Å². The van der Waals surface area contributed by atoms with Gasteiger partial charge >= 0.3 is 12.1 Å². The quantitative estimate of drug-likeness (QED) is 0.0509. The van der Waals surface area contributed by atoms with E-state index in [9.17, 15) is 29.7 Å². The van der Waals surface area contributed by atoms with Crippen LogP contribution in [-0.2, 0) is 21.6 Å². The average Bonchev–Trinajstić information content (AvgIpc) is 3.30. The van der Waals surface area contributed by atoms with Gasteiger partial charge in [-0.15, -0.1) is 0 Å². The molecule has 1 aromatic heterocycles. The molecule has 62 heavy (non-hydrogen) atoms. The van der Waals surface area contributed by atoms with E-state index in [2.05, 4.69) is 20.5 Å². The molecule has 2 bridgehead atoms. The monoisotopic (exact) mass is 842 g/mol. The van der Waals surface area contributed by atoms with Crippen LogP contribution in [0.25, 0.3) is 10.9 Å². The number of phenols is 1. The lowest BCUT2D eigenvalue weighted by atomic mass is 9.66. The Bertz CT molecular complexity index is 2350. The number of pyridine rings is 1. The summed E-state index contributed by atoms with van der Waals surface area (Å²) in [7, 11) is 0. The number of H-pyrrole nitrogens is 1. The van der Waals surface area contributed by atoms with Crippen molar-refractivity contribution in [2.75, 3.05) is 32.7 Å². The minimum Gasteiger partial charge on any atom is -0.506 e. The molecule has 326 valence electrons. The number of nitrogens with zero attached hydrogens (tertiary/aromatic N) is 1. The number of alkyl carbamates (subject to hydrolysis) is 1. The van der Waals surface area contributed by atoms with Crippen LogP contribution >= 0.6 is 0 Å². The number of hydrogen-bond donors (Lipinski definition) is 6. The van der Waals surface area contributed by atoms with Crippen LogP contribution in [0, 0.1) is 11.8 Å². The maximum atomic E-state index is 13.3. The van der Waals surface area contributed by atoms with Crippen LogP contribution in [0.3, 0.4) is 0 Å². The minimum atomic E-state index is -0.915. The molecule has 4 aromatic carbocycles. The van der Waals surface area contributed by atoms with Gasteiger partial charge in [0.25, 0.3) is 0 Å². The SMILES string of the molecule is O=C(NC(c1ccccc1)c1cccc(OCc2ccc(C3(C(=O)O)CCC(CCCCNC[C@H](O)c4ccc(O)c5[nH]c(=O)ccc45)CC3)cc2)c1)O[C@H]1CN2CCC1CC2. The zero-order chi connectivity index (χ0) is 43.1. The molecular formula is C50H58N4O8. The Morgan fingerprint density at radius 3 is 2.35 bits per heavy atom. The van der Waals surface area contributed by atoms with Crippen molar-refractivity contribution in [3.8, 4) is 11.5 Å². The van der Waals surface area contributed by atoms with Crippen molar-refractivity contribution in [2.24, 2.45) is 11.8 Å². The van der Waals surface area contributed by atoms with E-state index in [1.54, 1.807) is 12.1 Å². The second kappa shape index (κ2) is 19.6. The molecule has 12 nitrogen and oxygen atoms in total. The fourth-order valence-electron chi connectivity index (χ4n) is 9.88. The molecule has 9 rings (SSSR count). The second-order valence-corrected chi connectivity index (χ2v) is 17.5. The summed E-state index contributed by atoms with van der Waals surface area (Å²) in [4.78, 5) is 42.9. The zero-order valence-electron chi connectivity index (χ0n) is 35.1. The van der Waals surface area contributed by atoms with Gasteiger partial charge in [0, 0.05) is 24.5 Å². The van der Waals surface area contributed by atoms with E-state index in [-0.39, 0.29) is 17.4 Å². The summed E-state index contributed by atoms with van der Waals surface area (Å²) < 4.78 is 12.3. The number of aromatic amines is 1. The third-order valence-electron chi connectivity index (χ3n) is 13.5. The average molecular weight is 843 g/mol. The second-order valence-electron chi connectivity index (χ2n) is 17.5. The maximum Gasteiger partial charge on any atom is 0.408 e. The Balaban J connectivity index is 0.802. The van der Waals surface area contributed by atoms with Crippen molar-refractivity contribution >= 4 is 23.0 Å². The fraction of sp³-hybridized carbons (Fsp3) is 0.420. The molecule has 4 heterocycles. The first-order chi connectivity index (χ1) is 30.1. The third kappa shape index (κ3) is 9.99. The Morgan fingerprint density at radius 2 is 1.63 bits per heavy atom. The number of phenolic OH excluding ortho intramolecular Hbond substituents is 1. The number of carboxylic acids is 1. The highest BCUT2D eigenvalue weighted by atomic mass is 16.6. The number of aliphatic hydroxyl groups is 1. The number of benzene rings is 4. The van der Waals surface area contributed by atoms with E-state index in [1.807, 2.05) is 78.9 Å². The van der Waals surface area contributed by atoms with Gasteiger partial charge in [-0.3, -0.25) is 14.5 Å². The number of hydrogen-bond acceptors (Lipinski definition) is 9. The van der Waals surface area contributed by atoms with Gasteiger partial charge in [0.1, 0.15) is 24.2 Å². The van der Waals surface area contributed by atoms with Crippen LogP contribution in [-0.4, -0.2) is 76.1 Å². The maximum absolute atomic E-state index is 13.3. The smallest absolute Gasteiger partial charge is 0.408 e. The standard InChI is InChI=1S/C50H58N4O8/c55-42-18-16-40(41-17-19-45(57)52-47(41)42)43(56)30-51-26-5-4-7-33-20-24-50(25-21-33,48(58)59)38-14-12-34(13-15-38)32-61-39-11-6-10-37(29-39)46(36-8-2-1-3-9-36)53-49(60)62-44-31-54-27-22-35(44)23-28-54/h1-3,6,8-19,29,33,35,43-44,46,51,55-56H,4-5,7,20-28,30-32H2,(H,52,57)(H,53,60)(H,58,59)/t33?,43-,44-,46?,50?/m0/s1. The van der Waals surface area contributed by atoms with Crippen molar-refractivity contribution in [1.29, 1.82) is 0 Å². The molecule has 4 aliphatic rings. The molecule has 12 heteroatoms. The van der Waals surface area contributed by atoms with Gasteiger partial charge < -0.3 is 40.4 Å². The van der Waals surface area contributed by atoms with Gasteiger partial charge in [0.15, 0.2) is 0 Å². The molecule has 1 unspecified atom stereocenters. The molecule has 1 saturated carbocycles. The van der Waals surface area contributed by atoms with E-state index in [1.165, 1.54) is 12.1 Å². The van der Waals surface area contributed by atoms with Crippen molar-refractivity contribution in [2.45, 2.75) is 88.1 Å². The molecular weight excluding hydrogens is 785 g/mol. The number of unbranched alkanes of at least 4 members (excludes halogenated alkanes) is 1. The molecule has 3 atom stereocenters. The Hall–Kier alpha value is -5.69. The Kier molecular flexibility index (Phi) is 13.6. The lowest BCUT2D eigenvalue weighted by molar-refractivity contribution is -0.145. The van der Waals surface area contributed by atoms with Crippen LogP contribution < -0.4 is 20.9 Å². The molecule has 3 aliphatic heterocycles. The Morgan fingerprint density at radius 1 is 0.871 bits per heavy atom. The fourth-order valence-corrected chi connectivity index (χ4v) is 9.88. The summed E-state index contributed by atoms with van der Waals surface area (Å²) >= 11 is 0. The highest BCUT2D eigenvalue weighted by Gasteiger charge is 2.43. The summed E-state index contributed by atoms with van der Waals surface area (Å²) in [6, 6.07) is 31.2. The number of carboxylic acid groups (broad SMARTS) is 1. The number of ether oxygens (including phenoxy) is 2. The lowest BCUT2D eigenvalue weighted by Gasteiger charge is -2.43. The van der Waals surface area contributed by atoms with E-state index in [0.29, 0.717) is 60.0 Å². The first kappa shape index (κ1) is 43.0. The topological polar surface area (TPSA) is 173 Å². The summed E-state index contributed by atoms with van der Waals surface area (Å²) in [5, 5.41) is 38.6. The lowest BCUT2D eigenvalue weighted by Crippen LogP contribution is -2.52. The van der Waals surface area contributed by atoms with E-state index < -0.39 is 29.6 Å². The van der Waals surface area contributed by atoms with Crippen molar-refractivity contribution in [1.82, 2.24) is 20.5 Å². The number of carbonyl (C=O) groups is 2. The number of aliphatic hydroxyl groups excluding tert-OH is 1. The highest BCUT2D eigenvalue weighted by molar-refractivity contribution is 5.87. The van der Waals surface area contributed by atoms with Gasteiger partial charge in [0.05, 0.1) is 23.1 Å². The number of nitrogens with one attached hydrogen (secondary N) is 3. The molecule has 0 spiro atoms. The zero-order valence-corrected chi connectivity index (χ0v) is 35.1. The summed E-state index contributed by atoms with van der Waals surface area (Å²) in [5.74, 6) is 0.735. The molecule has 0 radical (unpaired) electrons. The number of aromatic hydroxyl groups is 1. The number of piperidine rings is 3. The van der Waals surface area contributed by atoms with E-state index >= 15 is 0 Å². The van der Waals surface area contributed by atoms with Crippen LogP contribution in [0.2, 0.25) is 0 Å². The third-order valence-corrected chi connectivity index (χ3v) is 13.5. The first-order valence-electron chi connectivity index (χ1n) is 22.2. The van der Waals surface area contributed by atoms with Crippen LogP contribution in [0.15, 0.2) is 108 Å². The van der Waals surface area contributed by atoms with E-state index in [0.717, 1.165) is 93.4 Å². The van der Waals surface area contributed by atoms with Crippen molar-refractivity contribution in [3.05, 3.63) is 141 Å². The van der Waals surface area contributed by atoms with E-state index in [4.69, 9.17) is 9.47 Å². The van der Waals surface area contributed by atoms with Crippen molar-refractivity contribution in [3.63, 3.8) is 0 Å². The summed E-state index contributed by atoms with van der Waals surface area (Å²) in [5.41, 5.74) is 3.30. The Labute approximate surface area is 362 Å².